The Hall–Kier alpha value is -2.69. The summed E-state index contributed by atoms with van der Waals surface area (Å²) in [6.07, 6.45) is 6.13. The van der Waals surface area contributed by atoms with Crippen molar-refractivity contribution in [1.82, 2.24) is 15.0 Å². The Labute approximate surface area is 179 Å². The van der Waals surface area contributed by atoms with E-state index in [1.54, 1.807) is 19.5 Å². The lowest BCUT2D eigenvalue weighted by Crippen LogP contribution is -2.00. The molecule has 0 spiro atoms. The highest BCUT2D eigenvalue weighted by Crippen LogP contribution is 2.27. The number of hydrogen-bond donors (Lipinski definition) is 0. The average Bonchev–Trinajstić information content (AvgIpc) is 2.74. The maximum Gasteiger partial charge on any atom is 0.161 e. The van der Waals surface area contributed by atoms with E-state index in [1.807, 2.05) is 48.5 Å². The predicted octanol–water partition coefficient (Wildman–Crippen LogP) is 6.18. The third-order valence-electron chi connectivity index (χ3n) is 4.75. The summed E-state index contributed by atoms with van der Waals surface area (Å²) in [5, 5.41) is 2.29. The molecule has 0 radical (unpaired) electrons. The predicted molar refractivity (Wildman–Crippen MR) is 118 cm³/mol. The van der Waals surface area contributed by atoms with Crippen LogP contribution < -0.4 is 4.74 Å². The summed E-state index contributed by atoms with van der Waals surface area (Å²) in [6, 6.07) is 15.5. The topological polar surface area (TPSA) is 47.9 Å². The van der Waals surface area contributed by atoms with Gasteiger partial charge in [0, 0.05) is 28.4 Å². The van der Waals surface area contributed by atoms with Crippen molar-refractivity contribution in [2.24, 2.45) is 0 Å². The second-order valence-corrected chi connectivity index (χ2v) is 7.56. The summed E-state index contributed by atoms with van der Waals surface area (Å²) >= 11 is 12.5. The molecule has 0 saturated carbocycles. The van der Waals surface area contributed by atoms with Gasteiger partial charge in [-0.1, -0.05) is 29.3 Å². The Morgan fingerprint density at radius 3 is 2.62 bits per heavy atom. The van der Waals surface area contributed by atoms with Crippen LogP contribution in [0.25, 0.3) is 22.3 Å². The molecule has 0 saturated heterocycles. The molecule has 2 heterocycles. The number of fused-ring (bicyclic) bond motifs is 1. The highest BCUT2D eigenvalue weighted by atomic mass is 35.5. The Kier molecular flexibility index (Phi) is 5.93. The first-order valence-corrected chi connectivity index (χ1v) is 10.1. The van der Waals surface area contributed by atoms with E-state index in [-0.39, 0.29) is 0 Å². The number of halogens is 2. The minimum Gasteiger partial charge on any atom is -0.495 e. The maximum absolute atomic E-state index is 6.24. The summed E-state index contributed by atoms with van der Waals surface area (Å²) in [4.78, 5) is 13.7. The van der Waals surface area contributed by atoms with Gasteiger partial charge in [0.15, 0.2) is 5.82 Å². The van der Waals surface area contributed by atoms with Crippen molar-refractivity contribution in [3.8, 4) is 17.1 Å². The lowest BCUT2D eigenvalue weighted by atomic mass is 10.0. The number of nitrogens with zero attached hydrogens (tertiary/aromatic N) is 3. The van der Waals surface area contributed by atoms with Gasteiger partial charge < -0.3 is 4.74 Å². The fraction of sp³-hybridized carbons (Fsp3) is 0.174. The number of hydrogen-bond acceptors (Lipinski definition) is 4. The van der Waals surface area contributed by atoms with Gasteiger partial charge in [0.05, 0.1) is 23.3 Å². The van der Waals surface area contributed by atoms with Crippen LogP contribution in [0.3, 0.4) is 0 Å². The van der Waals surface area contributed by atoms with Crippen molar-refractivity contribution >= 4 is 34.1 Å². The number of pyridine rings is 1. The van der Waals surface area contributed by atoms with Crippen LogP contribution in [0.1, 0.15) is 17.7 Å². The summed E-state index contributed by atoms with van der Waals surface area (Å²) < 4.78 is 5.22. The van der Waals surface area contributed by atoms with Crippen molar-refractivity contribution in [3.05, 3.63) is 82.2 Å². The molecule has 0 N–H and O–H groups in total. The highest BCUT2D eigenvalue weighted by Gasteiger charge is 2.11. The van der Waals surface area contributed by atoms with Crippen LogP contribution in [0.5, 0.6) is 5.75 Å². The van der Waals surface area contributed by atoms with Gasteiger partial charge in [-0.3, -0.25) is 4.98 Å². The summed E-state index contributed by atoms with van der Waals surface area (Å²) in [5.74, 6) is 1.36. The lowest BCUT2D eigenvalue weighted by Gasteiger charge is -2.10. The Morgan fingerprint density at radius 1 is 0.966 bits per heavy atom. The average molecular weight is 424 g/mol. The largest absolute Gasteiger partial charge is 0.495 e. The normalized spacial score (nSPS) is 11.0. The molecule has 0 amide bonds. The van der Waals surface area contributed by atoms with Gasteiger partial charge in [0.2, 0.25) is 0 Å². The number of rotatable bonds is 6. The molecular formula is C23H19Cl2N3O. The maximum atomic E-state index is 6.24. The van der Waals surface area contributed by atoms with Crippen LogP contribution in [0.15, 0.2) is 60.9 Å². The number of benzene rings is 2. The van der Waals surface area contributed by atoms with Gasteiger partial charge >= 0.3 is 0 Å². The molecule has 0 atom stereocenters. The molecule has 4 rings (SSSR count). The number of aromatic nitrogens is 3. The molecule has 4 nitrogen and oxygen atoms in total. The summed E-state index contributed by atoms with van der Waals surface area (Å²) in [5.41, 5.74) is 3.92. The van der Waals surface area contributed by atoms with Crippen molar-refractivity contribution in [3.63, 3.8) is 0 Å². The third kappa shape index (κ3) is 4.50. The molecule has 146 valence electrons. The Balaban J connectivity index is 1.61. The second kappa shape index (κ2) is 8.76. The minimum atomic E-state index is 0.628. The number of ether oxygens (including phenoxy) is 1. The van der Waals surface area contributed by atoms with E-state index in [9.17, 15) is 0 Å². The highest BCUT2D eigenvalue weighted by molar-refractivity contribution is 6.32. The molecule has 2 aromatic carbocycles. The zero-order chi connectivity index (χ0) is 20.2. The van der Waals surface area contributed by atoms with E-state index in [1.165, 1.54) is 5.56 Å². The van der Waals surface area contributed by atoms with Gasteiger partial charge in [0.25, 0.3) is 0 Å². The quantitative estimate of drug-likeness (QED) is 0.371. The molecule has 0 aliphatic rings. The van der Waals surface area contributed by atoms with Gasteiger partial charge in [-0.2, -0.15) is 0 Å². The van der Waals surface area contributed by atoms with Gasteiger partial charge in [0.1, 0.15) is 5.75 Å². The molecule has 0 aliphatic heterocycles. The zero-order valence-electron chi connectivity index (χ0n) is 15.9. The molecule has 6 heteroatoms. The molecule has 0 unspecified atom stereocenters. The van der Waals surface area contributed by atoms with Gasteiger partial charge in [-0.15, -0.1) is 0 Å². The molecule has 4 aromatic rings. The summed E-state index contributed by atoms with van der Waals surface area (Å²) in [7, 11) is 1.62. The fourth-order valence-electron chi connectivity index (χ4n) is 3.30. The van der Waals surface area contributed by atoms with E-state index in [0.29, 0.717) is 21.6 Å². The van der Waals surface area contributed by atoms with Crippen molar-refractivity contribution in [2.75, 3.05) is 7.11 Å². The van der Waals surface area contributed by atoms with Crippen molar-refractivity contribution in [1.29, 1.82) is 0 Å². The standard InChI is InChI=1S/C23H19Cl2N3O/c1-29-22-10-7-15(12-19(22)25)4-2-6-20-18-13-17(24)8-9-21(18)28-23(27-20)16-5-3-11-26-14-16/h3,5,7-14H,2,4,6H2,1H3. The minimum absolute atomic E-state index is 0.628. The van der Waals surface area contributed by atoms with Crippen LogP contribution in [0.4, 0.5) is 0 Å². The molecule has 2 aromatic heterocycles. The third-order valence-corrected chi connectivity index (χ3v) is 5.28. The SMILES string of the molecule is COc1ccc(CCCc2nc(-c3cccnc3)nc3ccc(Cl)cc23)cc1Cl. The van der Waals surface area contributed by atoms with Crippen LogP contribution >= 0.6 is 23.2 Å². The molecule has 29 heavy (non-hydrogen) atoms. The van der Waals surface area contributed by atoms with E-state index in [4.69, 9.17) is 37.9 Å². The second-order valence-electron chi connectivity index (χ2n) is 6.72. The Morgan fingerprint density at radius 2 is 1.86 bits per heavy atom. The lowest BCUT2D eigenvalue weighted by molar-refractivity contribution is 0.415. The monoisotopic (exact) mass is 423 g/mol. The van der Waals surface area contributed by atoms with E-state index >= 15 is 0 Å². The first-order valence-electron chi connectivity index (χ1n) is 9.33. The van der Waals surface area contributed by atoms with Crippen LogP contribution in [0.2, 0.25) is 10.0 Å². The summed E-state index contributed by atoms with van der Waals surface area (Å²) in [6.45, 7) is 0. The molecule has 0 bridgehead atoms. The van der Waals surface area contributed by atoms with E-state index in [0.717, 1.165) is 41.4 Å². The molecular weight excluding hydrogens is 405 g/mol. The van der Waals surface area contributed by atoms with E-state index in [2.05, 4.69) is 4.98 Å². The van der Waals surface area contributed by atoms with Crippen molar-refractivity contribution in [2.45, 2.75) is 19.3 Å². The molecule has 0 aliphatic carbocycles. The fourth-order valence-corrected chi connectivity index (χ4v) is 3.76. The Bertz CT molecular complexity index is 1150. The van der Waals surface area contributed by atoms with Gasteiger partial charge in [-0.05, 0) is 67.3 Å². The van der Waals surface area contributed by atoms with Crippen LogP contribution in [-0.2, 0) is 12.8 Å². The van der Waals surface area contributed by atoms with Crippen LogP contribution in [0, 0.1) is 0 Å². The van der Waals surface area contributed by atoms with Crippen molar-refractivity contribution < 1.29 is 4.74 Å². The smallest absolute Gasteiger partial charge is 0.161 e. The number of methoxy groups -OCH3 is 1. The molecule has 0 fully saturated rings. The number of aryl methyl sites for hydroxylation is 2. The van der Waals surface area contributed by atoms with Gasteiger partial charge in [-0.25, -0.2) is 9.97 Å². The van der Waals surface area contributed by atoms with E-state index < -0.39 is 0 Å². The zero-order valence-corrected chi connectivity index (χ0v) is 17.4. The van der Waals surface area contributed by atoms with Crippen LogP contribution in [-0.4, -0.2) is 22.1 Å². The first-order chi connectivity index (χ1) is 14.1. The first kappa shape index (κ1) is 19.6.